The summed E-state index contributed by atoms with van der Waals surface area (Å²) >= 11 is 0. The van der Waals surface area contributed by atoms with Crippen molar-refractivity contribution in [2.45, 2.75) is 208 Å². The fourth-order valence-corrected chi connectivity index (χ4v) is 11.6. The van der Waals surface area contributed by atoms with Crippen molar-refractivity contribution in [2.24, 2.45) is 40.4 Å². The van der Waals surface area contributed by atoms with E-state index < -0.39 is 94.8 Å². The third-order valence-corrected chi connectivity index (χ3v) is 16.4. The average Bonchev–Trinajstić information content (AvgIpc) is 4.30. The van der Waals surface area contributed by atoms with Crippen LogP contribution in [0.25, 0.3) is 0 Å². The van der Waals surface area contributed by atoms with Crippen molar-refractivity contribution in [1.29, 1.82) is 0 Å². The molecule has 1 aliphatic carbocycles. The zero-order valence-corrected chi connectivity index (χ0v) is 50.5. The molecule has 0 aromatic heterocycles. The second-order valence-corrected chi connectivity index (χ2v) is 25.1. The number of epoxide rings is 2. The summed E-state index contributed by atoms with van der Waals surface area (Å²) in [6, 6.07) is 6.82. The predicted molar refractivity (Wildman–Crippen MR) is 304 cm³/mol. The number of amides is 6. The summed E-state index contributed by atoms with van der Waals surface area (Å²) < 4.78 is 24.4. The molecular formula is C61H98N6O13. The molecule has 1 aromatic carbocycles. The zero-order chi connectivity index (χ0) is 59.8. The Kier molecular flexibility index (Phi) is 25.4. The maximum atomic E-state index is 14.1. The molecule has 1 spiro atoms. The third-order valence-electron chi connectivity index (χ3n) is 16.4. The maximum Gasteiger partial charge on any atom is 0.306 e. The number of esters is 1. The summed E-state index contributed by atoms with van der Waals surface area (Å²) in [4.78, 5) is 108. The highest BCUT2D eigenvalue weighted by Crippen LogP contribution is 2.59. The van der Waals surface area contributed by atoms with E-state index in [9.17, 15) is 43.5 Å². The molecule has 2 heterocycles. The van der Waals surface area contributed by atoms with E-state index in [-0.39, 0.29) is 92.4 Å². The van der Waals surface area contributed by atoms with Gasteiger partial charge in [0, 0.05) is 43.4 Å². The fourth-order valence-electron chi connectivity index (χ4n) is 11.6. The number of aliphatic hydroxyl groups is 1. The summed E-state index contributed by atoms with van der Waals surface area (Å²) in [6.45, 7) is 24.5. The van der Waals surface area contributed by atoms with Crippen LogP contribution in [-0.4, -0.2) is 140 Å². The molecular weight excluding hydrogens is 1020 g/mol. The summed E-state index contributed by atoms with van der Waals surface area (Å²) in [5.41, 5.74) is -0.957. The van der Waals surface area contributed by atoms with E-state index in [1.165, 1.54) is 12.5 Å². The molecule has 12 atom stereocenters. The van der Waals surface area contributed by atoms with Crippen LogP contribution in [0.2, 0.25) is 0 Å². The van der Waals surface area contributed by atoms with Gasteiger partial charge in [-0.1, -0.05) is 104 Å². The lowest BCUT2D eigenvalue weighted by Gasteiger charge is -2.42. The van der Waals surface area contributed by atoms with Gasteiger partial charge in [-0.05, 0) is 109 Å². The first-order chi connectivity index (χ1) is 37.5. The van der Waals surface area contributed by atoms with Crippen LogP contribution in [0.5, 0.6) is 0 Å². The van der Waals surface area contributed by atoms with E-state index in [0.717, 1.165) is 12.0 Å². The van der Waals surface area contributed by atoms with Gasteiger partial charge in [-0.15, -0.1) is 0 Å². The van der Waals surface area contributed by atoms with Crippen LogP contribution in [0.4, 0.5) is 0 Å². The largest absolute Gasteiger partial charge is 0.460 e. The Labute approximate surface area is 476 Å². The Hall–Kier alpha value is -5.24. The van der Waals surface area contributed by atoms with Crippen LogP contribution in [0, 0.1) is 40.4 Å². The van der Waals surface area contributed by atoms with Crippen molar-refractivity contribution >= 4 is 47.2 Å². The minimum atomic E-state index is -1.15. The number of ketones is 1. The highest BCUT2D eigenvalue weighted by atomic mass is 16.6. The number of hydrogen-bond donors (Lipinski definition) is 7. The van der Waals surface area contributed by atoms with Crippen LogP contribution < -0.4 is 31.9 Å². The summed E-state index contributed by atoms with van der Waals surface area (Å²) in [6.07, 6.45) is 4.86. The molecule has 2 aliphatic heterocycles. The summed E-state index contributed by atoms with van der Waals surface area (Å²) in [5.74, 6) is -4.51. The molecule has 3 aliphatic rings. The molecule has 7 N–H and O–H groups in total. The van der Waals surface area contributed by atoms with Gasteiger partial charge in [-0.3, -0.25) is 38.4 Å². The highest BCUT2D eigenvalue weighted by Gasteiger charge is 2.72. The van der Waals surface area contributed by atoms with Gasteiger partial charge >= 0.3 is 5.97 Å². The van der Waals surface area contributed by atoms with Crippen LogP contribution in [0.1, 0.15) is 160 Å². The van der Waals surface area contributed by atoms with E-state index in [2.05, 4.69) is 58.7 Å². The lowest BCUT2D eigenvalue weighted by atomic mass is 9.64. The highest BCUT2D eigenvalue weighted by molar-refractivity contribution is 5.95. The number of unbranched alkanes of at least 4 members (excludes halogenated alkanes) is 1. The van der Waals surface area contributed by atoms with Crippen LogP contribution in [0.15, 0.2) is 42.0 Å². The molecule has 1 saturated carbocycles. The van der Waals surface area contributed by atoms with E-state index >= 15 is 0 Å². The van der Waals surface area contributed by atoms with Crippen LogP contribution in [0.3, 0.4) is 0 Å². The molecule has 19 nitrogen and oxygen atoms in total. The minimum absolute atomic E-state index is 0.0120. The fraction of sp³-hybridized carbons (Fsp3) is 0.738. The van der Waals surface area contributed by atoms with E-state index in [1.807, 2.05) is 54.5 Å². The molecule has 1 aromatic rings. The van der Waals surface area contributed by atoms with Crippen molar-refractivity contribution in [2.75, 3.05) is 39.9 Å². The van der Waals surface area contributed by atoms with Gasteiger partial charge in [-0.25, -0.2) is 0 Å². The van der Waals surface area contributed by atoms with E-state index in [4.69, 9.17) is 18.9 Å². The van der Waals surface area contributed by atoms with Gasteiger partial charge in [0.2, 0.25) is 35.4 Å². The van der Waals surface area contributed by atoms with Gasteiger partial charge in [0.05, 0.1) is 44.2 Å². The first kappa shape index (κ1) is 67.3. The van der Waals surface area contributed by atoms with Gasteiger partial charge in [0.1, 0.15) is 41.3 Å². The van der Waals surface area contributed by atoms with Gasteiger partial charge in [0.25, 0.3) is 0 Å². The Morgan fingerprint density at radius 2 is 1.49 bits per heavy atom. The monoisotopic (exact) mass is 1120 g/mol. The number of carbonyl (C=O) groups excluding carboxylic acids is 8. The van der Waals surface area contributed by atoms with Crippen molar-refractivity contribution in [3.05, 3.63) is 47.5 Å². The normalized spacial score (nSPS) is 24.2. The molecule has 2 saturated heterocycles. The SMILES string of the molecule is COC1C(OC(=O)C[C@@H](CCCCNC(=O)CNC(=O)[C@H](CC(C)C)NC(=O)[C@H](Cc2ccccc2)NC(=O)CNC(=O)C(C)(CC(C)(CC(C)C)C(=O)NCC(C)O)C(C)C)C(C)=O)CC[C@]2(CO2)C1[C@]1(C)O[C@@H]1CC=C(C)C. The molecule has 0 bridgehead atoms. The number of Topliss-reactive ketones (excluding diaryl/α,β-unsaturated/α-hetero) is 1. The molecule has 0 radical (unpaired) electrons. The van der Waals surface area contributed by atoms with Crippen molar-refractivity contribution in [1.82, 2.24) is 31.9 Å². The molecule has 4 rings (SSSR count). The molecule has 6 amide bonds. The Bertz CT molecular complexity index is 2300. The van der Waals surface area contributed by atoms with E-state index in [0.29, 0.717) is 45.1 Å². The van der Waals surface area contributed by atoms with Crippen molar-refractivity contribution in [3.63, 3.8) is 0 Å². The Morgan fingerprint density at radius 3 is 2.06 bits per heavy atom. The number of rotatable bonds is 34. The summed E-state index contributed by atoms with van der Waals surface area (Å²) in [5, 5.41) is 26.4. The third kappa shape index (κ3) is 19.7. The maximum absolute atomic E-state index is 14.1. The number of aliphatic hydroxyl groups excluding tert-OH is 1. The minimum Gasteiger partial charge on any atom is -0.460 e. The van der Waals surface area contributed by atoms with E-state index in [1.54, 1.807) is 45.2 Å². The van der Waals surface area contributed by atoms with Gasteiger partial charge in [0.15, 0.2) is 0 Å². The van der Waals surface area contributed by atoms with Crippen LogP contribution in [-0.2, 0) is 63.7 Å². The number of carbonyl (C=O) groups is 8. The molecule has 19 heteroatoms. The molecule has 6 unspecified atom stereocenters. The Balaban J connectivity index is 1.28. The van der Waals surface area contributed by atoms with Gasteiger partial charge in [-0.2, -0.15) is 0 Å². The molecule has 450 valence electrons. The number of methoxy groups -OCH3 is 1. The second kappa shape index (κ2) is 30.2. The smallest absolute Gasteiger partial charge is 0.306 e. The number of hydrogen-bond acceptors (Lipinski definition) is 13. The summed E-state index contributed by atoms with van der Waals surface area (Å²) in [7, 11) is 1.62. The number of allylic oxidation sites excluding steroid dienone is 1. The van der Waals surface area contributed by atoms with Crippen molar-refractivity contribution in [3.8, 4) is 0 Å². The lowest BCUT2D eigenvalue weighted by molar-refractivity contribution is -0.173. The first-order valence-electron chi connectivity index (χ1n) is 29.1. The molecule has 3 fully saturated rings. The average molecular weight is 1120 g/mol. The predicted octanol–water partition coefficient (Wildman–Crippen LogP) is 5.58. The van der Waals surface area contributed by atoms with Gasteiger partial charge < -0.3 is 56.0 Å². The zero-order valence-electron chi connectivity index (χ0n) is 50.5. The lowest BCUT2D eigenvalue weighted by Crippen LogP contribution is -2.56. The quantitative estimate of drug-likeness (QED) is 0.0193. The first-order valence-corrected chi connectivity index (χ1v) is 29.1. The topological polar surface area (TPSA) is 272 Å². The standard InChI is InChI=1S/C61H98N6O13/c1-37(2)23-24-48-60(13,80-48)53-52(77-14)47(25-26-61(53)36-78-61)79-51(72)30-44(42(10)69)22-18-19-27-62-49(70)33-63-54(73)45(28-38(3)4)67-55(74)46(29-43-20-16-15-17-21-43)66-50(71)34-65-57(76)59(12,40(7)8)35-58(11,31-39(5)6)56(75)64-32-41(9)68/h15-17,20-21,23,38-41,44-48,52-53,68H,18-19,22,24-36H2,1-14H3,(H,62,70)(H,63,73)(H,64,75)(H,65,76)(H,66,71)(H,67,74)/t41?,44-,45+,46+,47?,48-,52?,53?,58?,59?,60-,61+/m1/s1. The molecule has 80 heavy (non-hydrogen) atoms. The number of nitrogens with one attached hydrogen (secondary N) is 6. The second-order valence-electron chi connectivity index (χ2n) is 25.1. The number of benzene rings is 1. The Morgan fingerprint density at radius 1 is 0.825 bits per heavy atom. The van der Waals surface area contributed by atoms with Crippen molar-refractivity contribution < 1.29 is 62.4 Å². The van der Waals surface area contributed by atoms with Crippen LogP contribution >= 0.6 is 0 Å². The number of ether oxygens (including phenoxy) is 4.